The number of nitrogen functional groups attached to an aromatic ring is 2. The third-order valence-electron chi connectivity index (χ3n) is 14.9. The fourth-order valence-corrected chi connectivity index (χ4v) is 13.2. The molecule has 4 fully saturated rings. The molecule has 14 N–H and O–H groups in total. The van der Waals surface area contributed by atoms with E-state index in [-0.39, 0.29) is 72.6 Å². The molecule has 87 heavy (non-hydrogen) atoms. The van der Waals surface area contributed by atoms with Crippen molar-refractivity contribution in [3.63, 3.8) is 0 Å². The van der Waals surface area contributed by atoms with Gasteiger partial charge in [0.1, 0.15) is 17.3 Å². The molecule has 6 aromatic heterocycles. The van der Waals surface area contributed by atoms with Gasteiger partial charge in [0.25, 0.3) is 0 Å². The first kappa shape index (κ1) is 71.6. The SMILES string of the molecule is Cc1nc(N2CCC3(CCC[C@H]3N)CC2)n2ccnc2c1Sc1ccc(N)nc1C(F)(F)F.Cc1nc(N2CCC3(CCC[C@H]3N[S@](=O)C(C)(C)C)CC2)n2ccnc2c1Br.N/N=N/N.N=N/N=N/N=N/N=N/N.Nc1ccc([S-])c(C(F)(F)F)n1.[Na+]. The Kier molecular flexibility index (Phi) is 25.8. The number of anilines is 4. The number of nitrogens with zero attached hydrogens (tertiary/aromatic N) is 19. The molecule has 0 aromatic carbocycles. The summed E-state index contributed by atoms with van der Waals surface area (Å²) in [5.41, 5.74) is 24.5. The Labute approximate surface area is 539 Å². The molecular weight excluding hydrogens is 1280 g/mol. The van der Waals surface area contributed by atoms with Crippen LogP contribution in [0.5, 0.6) is 0 Å². The number of hydrogen-bond acceptors (Lipinski definition) is 18. The number of nitrogens with one attached hydrogen (secondary N) is 2. The van der Waals surface area contributed by atoms with Crippen molar-refractivity contribution in [3.8, 4) is 0 Å². The first-order valence-electron chi connectivity index (χ1n) is 26.5. The molecule has 0 unspecified atom stereocenters. The van der Waals surface area contributed by atoms with Crippen LogP contribution in [0.15, 0.2) is 115 Å². The summed E-state index contributed by atoms with van der Waals surface area (Å²) in [6, 6.07) is 5.67. The number of rotatable bonds is 9. The number of fused-ring (bicyclic) bond motifs is 2. The summed E-state index contributed by atoms with van der Waals surface area (Å²) >= 11 is 9.00. The number of pyridine rings is 2. The van der Waals surface area contributed by atoms with Crippen molar-refractivity contribution in [2.45, 2.75) is 143 Å². The monoisotopic (exact) mass is 1350 g/mol. The molecule has 39 heteroatoms. The van der Waals surface area contributed by atoms with Gasteiger partial charge in [0.05, 0.1) is 36.5 Å². The Bertz CT molecular complexity index is 3400. The smallest absolute Gasteiger partial charge is 0.778 e. The van der Waals surface area contributed by atoms with Gasteiger partial charge in [0.15, 0.2) is 17.0 Å². The van der Waals surface area contributed by atoms with Crippen molar-refractivity contribution in [2.24, 2.45) is 81.1 Å². The average Bonchev–Trinajstić information content (AvgIpc) is 2.40. The average molecular weight is 1350 g/mol. The molecule has 2 saturated heterocycles. The van der Waals surface area contributed by atoms with Crippen molar-refractivity contribution in [2.75, 3.05) is 47.4 Å². The number of piperidine rings is 2. The summed E-state index contributed by atoms with van der Waals surface area (Å²) in [5.74, 6) is 14.6. The number of halogens is 7. The van der Waals surface area contributed by atoms with Gasteiger partial charge >= 0.3 is 41.9 Å². The third kappa shape index (κ3) is 18.2. The van der Waals surface area contributed by atoms with E-state index >= 15 is 0 Å². The Morgan fingerprint density at radius 2 is 1.20 bits per heavy atom. The van der Waals surface area contributed by atoms with Gasteiger partial charge in [-0.05, 0) is 162 Å². The van der Waals surface area contributed by atoms with Crippen molar-refractivity contribution in [1.82, 2.24) is 43.4 Å². The molecule has 4 aliphatic rings. The largest absolute Gasteiger partial charge is 1.00 e. The molecule has 0 amide bonds. The summed E-state index contributed by atoms with van der Waals surface area (Å²) < 4.78 is 97.7. The standard InChI is InChI=1S/C22H26F3N7S.C20H30BrN5OS.C6H5F3N2S.H3N9.H4N4.Na/c1-13-17(33-14-4-5-16(27)30-18(14)22(23,24)25)19-28-9-12-32(19)20(29-13)31-10-7-21(8-11-31)6-2-3-15(21)26;1-14-16(21)17-22-10-13-26(17)18(23-14)25-11-8-20(9-12-25)7-5-6-15(20)24-28(27)19(2,3)4;7-6(8,9)5-3(12)1-2-4(10)11-5;1-3-5-7-9-8-6-4-2;1-3-4-2;/h4-5,9,12,15H,2-3,6-8,10-11,26H2,1H3,(H2,27,30);10,13,15,24H,5-9,11-12H2,1-4H3;1-2,12H,(H2,10,11);(H3,1,2,5,6,9);(H2,1,4)(H2,2,3);/q;;;;;+1/p-1/t15-;15-,28-;;;;/m11..../s1. The first-order chi connectivity index (χ1) is 40.6. The van der Waals surface area contributed by atoms with Crippen LogP contribution >= 0.6 is 27.7 Å². The van der Waals surface area contributed by atoms with Crippen molar-refractivity contribution in [3.05, 3.63) is 76.3 Å². The van der Waals surface area contributed by atoms with E-state index in [4.69, 9.17) is 32.7 Å². The number of imidazole rings is 2. The van der Waals surface area contributed by atoms with Crippen molar-refractivity contribution < 1.29 is 60.1 Å². The van der Waals surface area contributed by atoms with Crippen LogP contribution in [0, 0.1) is 30.2 Å². The van der Waals surface area contributed by atoms with Crippen LogP contribution in [0.1, 0.15) is 108 Å². The quantitative estimate of drug-likeness (QED) is 0.0179. The second-order valence-electron chi connectivity index (χ2n) is 21.2. The van der Waals surface area contributed by atoms with Gasteiger partial charge in [-0.3, -0.25) is 8.80 Å². The van der Waals surface area contributed by atoms with Gasteiger partial charge in [0.2, 0.25) is 11.9 Å². The topological polar surface area (TPSA) is 413 Å². The van der Waals surface area contributed by atoms with Gasteiger partial charge in [-0.25, -0.2) is 38.8 Å². The Balaban J connectivity index is 0.000000229. The molecule has 3 atom stereocenters. The molecule has 2 spiro atoms. The van der Waals surface area contributed by atoms with Gasteiger partial charge < -0.3 is 57.2 Å². The maximum atomic E-state index is 13.6. The number of aryl methyl sites for hydroxylation is 2. The maximum Gasteiger partial charge on any atom is 1.00 e. The normalized spacial score (nSPS) is 18.7. The van der Waals surface area contributed by atoms with E-state index in [1.165, 1.54) is 43.9 Å². The maximum absolute atomic E-state index is 13.6. The number of nitrogens with two attached hydrogens (primary N) is 6. The van der Waals surface area contributed by atoms with E-state index in [0.717, 1.165) is 110 Å². The molecule has 2 aliphatic carbocycles. The van der Waals surface area contributed by atoms with Crippen LogP contribution in [0.25, 0.3) is 11.3 Å². The molecular formula is C48H67BrF6N27NaOS3. The van der Waals surface area contributed by atoms with Gasteiger partial charge in [-0.15, -0.1) is 4.90 Å². The first-order valence-corrected chi connectivity index (χ1v) is 29.7. The predicted molar refractivity (Wildman–Crippen MR) is 316 cm³/mol. The molecule has 2 saturated carbocycles. The molecule has 0 radical (unpaired) electrons. The van der Waals surface area contributed by atoms with E-state index in [9.17, 15) is 30.6 Å². The minimum Gasteiger partial charge on any atom is -0.778 e. The van der Waals surface area contributed by atoms with Crippen LogP contribution in [0.3, 0.4) is 0 Å². The fraction of sp³-hybridized carbons (Fsp3) is 0.542. The summed E-state index contributed by atoms with van der Waals surface area (Å²) in [6.45, 7) is 13.6. The Hall–Kier alpha value is -6.16. The van der Waals surface area contributed by atoms with E-state index in [1.54, 1.807) is 19.3 Å². The Morgan fingerprint density at radius 3 is 1.71 bits per heavy atom. The number of aromatic nitrogens is 8. The summed E-state index contributed by atoms with van der Waals surface area (Å²) in [6.07, 6.45) is 9.44. The zero-order valence-corrected chi connectivity index (χ0v) is 54.4. The number of hydrogen-bond donors (Lipinski definition) is 8. The molecule has 468 valence electrons. The minimum atomic E-state index is -4.62. The Morgan fingerprint density at radius 1 is 0.701 bits per heavy atom. The van der Waals surface area contributed by atoms with E-state index in [2.05, 4.69) is 132 Å². The zero-order valence-electron chi connectivity index (χ0n) is 48.4. The number of alkyl halides is 6. The second kappa shape index (κ2) is 31.3. The van der Waals surface area contributed by atoms with Crippen LogP contribution in [-0.2, 0) is 36.0 Å². The summed E-state index contributed by atoms with van der Waals surface area (Å²) in [4.78, 5) is 30.0. The van der Waals surface area contributed by atoms with Crippen LogP contribution in [-0.4, -0.2) is 85.9 Å². The predicted octanol–water partition coefficient (Wildman–Crippen LogP) is 7.04. The van der Waals surface area contributed by atoms with Gasteiger partial charge in [-0.1, -0.05) is 46.3 Å². The molecule has 28 nitrogen and oxygen atoms in total. The second-order valence-corrected chi connectivity index (χ2v) is 25.5. The van der Waals surface area contributed by atoms with Crippen molar-refractivity contribution in [1.29, 1.82) is 5.53 Å². The molecule has 2 aliphatic heterocycles. The molecule has 8 heterocycles. The van der Waals surface area contributed by atoms with Crippen LogP contribution < -0.4 is 78.8 Å². The zero-order chi connectivity index (χ0) is 63.2. The third-order valence-corrected chi connectivity index (χ3v) is 19.0. The summed E-state index contributed by atoms with van der Waals surface area (Å²) in [5, 5.41) is 24.7. The van der Waals surface area contributed by atoms with E-state index in [1.807, 2.05) is 44.5 Å². The van der Waals surface area contributed by atoms with Crippen LogP contribution in [0.2, 0.25) is 0 Å². The summed E-state index contributed by atoms with van der Waals surface area (Å²) in [7, 11) is -1.01. The van der Waals surface area contributed by atoms with Gasteiger partial charge in [-0.2, -0.15) is 31.9 Å². The van der Waals surface area contributed by atoms with E-state index < -0.39 is 34.7 Å². The molecule has 6 aromatic rings. The van der Waals surface area contributed by atoms with E-state index in [0.29, 0.717) is 22.3 Å². The molecule has 10 rings (SSSR count). The van der Waals surface area contributed by atoms with Gasteiger partial charge in [0, 0.05) is 67.9 Å². The van der Waals surface area contributed by atoms with Crippen LogP contribution in [0.4, 0.5) is 49.9 Å². The van der Waals surface area contributed by atoms with Crippen molar-refractivity contribution >= 4 is 86.1 Å². The molecule has 0 bridgehead atoms. The fourth-order valence-electron chi connectivity index (χ4n) is 10.6. The minimum absolute atomic E-state index is 0.